The zero-order valence-corrected chi connectivity index (χ0v) is 17.8. The Balaban J connectivity index is 1.58. The second kappa shape index (κ2) is 9.22. The molecule has 2 aliphatic rings. The number of carbonyl (C=O) groups is 1. The van der Waals surface area contributed by atoms with E-state index in [-0.39, 0.29) is 17.2 Å². The van der Waals surface area contributed by atoms with Crippen LogP contribution in [0.1, 0.15) is 65.7 Å². The summed E-state index contributed by atoms with van der Waals surface area (Å²) in [7, 11) is 1.70. The highest BCUT2D eigenvalue weighted by atomic mass is 16.5. The van der Waals surface area contributed by atoms with Crippen molar-refractivity contribution in [2.24, 2.45) is 0 Å². The second-order valence-electron chi connectivity index (χ2n) is 8.45. The van der Waals surface area contributed by atoms with Crippen molar-refractivity contribution in [1.29, 1.82) is 0 Å². The van der Waals surface area contributed by atoms with Crippen molar-refractivity contribution in [3.8, 4) is 0 Å². The van der Waals surface area contributed by atoms with Gasteiger partial charge in [0.1, 0.15) is 0 Å². The Morgan fingerprint density at radius 2 is 2.17 bits per heavy atom. The topological polar surface area (TPSA) is 90.6 Å². The lowest BCUT2D eigenvalue weighted by Gasteiger charge is -2.41. The summed E-state index contributed by atoms with van der Waals surface area (Å²) >= 11 is 0. The number of pyridine rings is 1. The van der Waals surface area contributed by atoms with Crippen molar-refractivity contribution >= 4 is 5.91 Å². The number of amides is 1. The molecule has 0 radical (unpaired) electrons. The number of aromatic nitrogens is 3. The normalized spacial score (nSPS) is 22.9. The van der Waals surface area contributed by atoms with Crippen LogP contribution in [0, 0.1) is 6.92 Å². The maximum Gasteiger partial charge on any atom is 0.255 e. The second-order valence-corrected chi connectivity index (χ2v) is 8.45. The largest absolute Gasteiger partial charge is 0.385 e. The third-order valence-electron chi connectivity index (χ3n) is 6.26. The van der Waals surface area contributed by atoms with Gasteiger partial charge in [-0.25, -0.2) is 0 Å². The van der Waals surface area contributed by atoms with Crippen LogP contribution in [0.5, 0.6) is 0 Å². The Morgan fingerprint density at radius 3 is 2.93 bits per heavy atom. The molecule has 8 heteroatoms. The third kappa shape index (κ3) is 4.39. The van der Waals surface area contributed by atoms with Crippen molar-refractivity contribution in [1.82, 2.24) is 20.0 Å². The van der Waals surface area contributed by atoms with E-state index in [0.29, 0.717) is 37.0 Å². The van der Waals surface area contributed by atoms with Crippen molar-refractivity contribution in [3.63, 3.8) is 0 Å². The maximum atomic E-state index is 13.2. The van der Waals surface area contributed by atoms with E-state index in [1.54, 1.807) is 19.5 Å². The average molecular weight is 415 g/mol. The van der Waals surface area contributed by atoms with Crippen LogP contribution in [0.3, 0.4) is 0 Å². The fourth-order valence-corrected chi connectivity index (χ4v) is 4.52. The summed E-state index contributed by atoms with van der Waals surface area (Å²) < 4.78 is 16.5. The first-order valence-corrected chi connectivity index (χ1v) is 10.7. The molecular weight excluding hydrogens is 384 g/mol. The summed E-state index contributed by atoms with van der Waals surface area (Å²) in [5.74, 6) is 1.64. The summed E-state index contributed by atoms with van der Waals surface area (Å²) in [5, 5.41) is 4.39. The van der Waals surface area contributed by atoms with E-state index in [2.05, 4.69) is 10.1 Å². The van der Waals surface area contributed by atoms with Crippen LogP contribution in [0.2, 0.25) is 0 Å². The van der Waals surface area contributed by atoms with Crippen LogP contribution in [-0.4, -0.2) is 66.0 Å². The number of hydrogen-bond donors (Lipinski definition) is 0. The van der Waals surface area contributed by atoms with Crippen LogP contribution in [-0.2, 0) is 14.9 Å². The van der Waals surface area contributed by atoms with Crippen molar-refractivity contribution in [2.45, 2.75) is 50.4 Å². The first-order chi connectivity index (χ1) is 14.6. The lowest BCUT2D eigenvalue weighted by Crippen LogP contribution is -2.49. The number of hydrogen-bond acceptors (Lipinski definition) is 7. The number of nitrogens with zero attached hydrogens (tertiary/aromatic N) is 4. The van der Waals surface area contributed by atoms with Gasteiger partial charge in [-0.3, -0.25) is 9.78 Å². The molecule has 1 atom stereocenters. The smallest absolute Gasteiger partial charge is 0.255 e. The highest BCUT2D eigenvalue weighted by Gasteiger charge is 2.43. The van der Waals surface area contributed by atoms with Gasteiger partial charge in [-0.2, -0.15) is 4.98 Å². The Morgan fingerprint density at radius 1 is 1.33 bits per heavy atom. The molecular formula is C22H30N4O4. The average Bonchev–Trinajstić information content (AvgIpc) is 3.29. The van der Waals surface area contributed by atoms with Gasteiger partial charge in [0.2, 0.25) is 5.89 Å². The van der Waals surface area contributed by atoms with Gasteiger partial charge >= 0.3 is 0 Å². The summed E-state index contributed by atoms with van der Waals surface area (Å²) in [6.07, 6.45) is 7.72. The van der Waals surface area contributed by atoms with Crippen molar-refractivity contribution < 1.29 is 18.8 Å². The van der Waals surface area contributed by atoms with Crippen LogP contribution in [0.15, 0.2) is 23.0 Å². The fraction of sp³-hybridized carbons (Fsp3) is 0.636. The molecule has 2 aromatic rings. The predicted molar refractivity (Wildman–Crippen MR) is 109 cm³/mol. The van der Waals surface area contributed by atoms with E-state index < -0.39 is 0 Å². The zero-order valence-electron chi connectivity index (χ0n) is 17.8. The lowest BCUT2D eigenvalue weighted by atomic mass is 9.76. The summed E-state index contributed by atoms with van der Waals surface area (Å²) in [5.41, 5.74) is 1.23. The molecule has 0 aliphatic carbocycles. The van der Waals surface area contributed by atoms with Crippen LogP contribution >= 0.6 is 0 Å². The van der Waals surface area contributed by atoms with Gasteiger partial charge in [0.25, 0.3) is 5.91 Å². The van der Waals surface area contributed by atoms with Gasteiger partial charge in [-0.15, -0.1) is 0 Å². The molecule has 2 saturated heterocycles. The molecule has 2 aromatic heterocycles. The Labute approximate surface area is 177 Å². The standard InChI is InChI=1S/C22H30N4O4/c1-16-12-18(14-23-13-16)20(27)26-8-3-6-22(15-26,7-11-28-2)21-24-19(30-25-21)17-4-9-29-10-5-17/h12-14,17H,3-11,15H2,1-2H3. The van der Waals surface area contributed by atoms with Crippen LogP contribution < -0.4 is 0 Å². The molecule has 1 amide bonds. The van der Waals surface area contributed by atoms with E-state index in [4.69, 9.17) is 19.0 Å². The minimum Gasteiger partial charge on any atom is -0.385 e. The SMILES string of the molecule is COCCC1(c2noc(C3CCOCC3)n2)CCCN(C(=O)c2cncc(C)c2)C1. The lowest BCUT2D eigenvalue weighted by molar-refractivity contribution is 0.0566. The third-order valence-corrected chi connectivity index (χ3v) is 6.26. The number of piperidine rings is 1. The zero-order chi connectivity index (χ0) is 21.0. The molecule has 30 heavy (non-hydrogen) atoms. The minimum absolute atomic E-state index is 0.000777. The fourth-order valence-electron chi connectivity index (χ4n) is 4.52. The summed E-state index contributed by atoms with van der Waals surface area (Å²) in [6, 6.07) is 1.89. The van der Waals surface area contributed by atoms with Crippen LogP contribution in [0.4, 0.5) is 0 Å². The number of likely N-dealkylation sites (tertiary alicyclic amines) is 1. The monoisotopic (exact) mass is 414 g/mol. The Kier molecular flexibility index (Phi) is 6.43. The number of ether oxygens (including phenoxy) is 2. The molecule has 1 unspecified atom stereocenters. The Hall–Kier alpha value is -2.32. The van der Waals surface area contributed by atoms with Gasteiger partial charge in [0, 0.05) is 58.3 Å². The summed E-state index contributed by atoms with van der Waals surface area (Å²) in [6.45, 7) is 5.24. The molecule has 8 nitrogen and oxygen atoms in total. The molecule has 0 bridgehead atoms. The molecule has 2 fully saturated rings. The number of aryl methyl sites for hydroxylation is 1. The molecule has 0 spiro atoms. The van der Waals surface area contributed by atoms with Crippen LogP contribution in [0.25, 0.3) is 0 Å². The van der Waals surface area contributed by atoms with Gasteiger partial charge in [0.05, 0.1) is 11.0 Å². The van der Waals surface area contributed by atoms with E-state index in [1.165, 1.54) is 0 Å². The number of carbonyl (C=O) groups excluding carboxylic acids is 1. The van der Waals surface area contributed by atoms with Crippen molar-refractivity contribution in [2.75, 3.05) is 40.0 Å². The minimum atomic E-state index is -0.367. The number of rotatable bonds is 6. The van der Waals surface area contributed by atoms with Gasteiger partial charge < -0.3 is 18.9 Å². The van der Waals surface area contributed by atoms with E-state index in [0.717, 1.165) is 50.9 Å². The molecule has 0 N–H and O–H groups in total. The first kappa shape index (κ1) is 20.9. The van der Waals surface area contributed by atoms with Gasteiger partial charge in [0.15, 0.2) is 5.82 Å². The number of methoxy groups -OCH3 is 1. The predicted octanol–water partition coefficient (Wildman–Crippen LogP) is 2.88. The quantitative estimate of drug-likeness (QED) is 0.718. The molecule has 0 aromatic carbocycles. The highest BCUT2D eigenvalue weighted by molar-refractivity contribution is 5.94. The van der Waals surface area contributed by atoms with E-state index in [1.807, 2.05) is 17.9 Å². The van der Waals surface area contributed by atoms with E-state index in [9.17, 15) is 4.79 Å². The molecule has 4 heterocycles. The molecule has 4 rings (SSSR count). The maximum absolute atomic E-state index is 13.2. The Bertz CT molecular complexity index is 864. The van der Waals surface area contributed by atoms with E-state index >= 15 is 0 Å². The molecule has 2 aliphatic heterocycles. The molecule has 162 valence electrons. The van der Waals surface area contributed by atoms with Gasteiger partial charge in [-0.1, -0.05) is 5.16 Å². The summed E-state index contributed by atoms with van der Waals surface area (Å²) in [4.78, 5) is 24.1. The first-order valence-electron chi connectivity index (χ1n) is 10.7. The van der Waals surface area contributed by atoms with Crippen molar-refractivity contribution in [3.05, 3.63) is 41.3 Å². The van der Waals surface area contributed by atoms with Gasteiger partial charge in [-0.05, 0) is 50.7 Å². The highest BCUT2D eigenvalue weighted by Crippen LogP contribution is 2.37. The molecule has 0 saturated carbocycles.